The van der Waals surface area contributed by atoms with E-state index in [0.717, 1.165) is 77.2 Å². The second kappa shape index (κ2) is 14.4. The van der Waals surface area contributed by atoms with Gasteiger partial charge in [-0.3, -0.25) is 19.3 Å². The number of hydrogen-bond acceptors (Lipinski definition) is 6. The number of fused-ring (bicyclic) bond motifs is 1. The molecule has 0 spiro atoms. The van der Waals surface area contributed by atoms with Gasteiger partial charge in [0.2, 0.25) is 11.8 Å². The summed E-state index contributed by atoms with van der Waals surface area (Å²) in [5, 5.41) is 7.12. The van der Waals surface area contributed by atoms with Crippen molar-refractivity contribution in [3.05, 3.63) is 29.8 Å². The molecule has 216 valence electrons. The number of likely N-dealkylation sites (tertiary alicyclic amines) is 1. The van der Waals surface area contributed by atoms with E-state index < -0.39 is 12.1 Å². The maximum absolute atomic E-state index is 12.6. The first kappa shape index (κ1) is 30.6. The number of carbonyl (C=O) groups is 4. The van der Waals surface area contributed by atoms with E-state index in [1.807, 2.05) is 34.1 Å². The van der Waals surface area contributed by atoms with Gasteiger partial charge in [0.05, 0.1) is 12.2 Å². The van der Waals surface area contributed by atoms with Crippen LogP contribution in [0, 0.1) is 0 Å². The van der Waals surface area contributed by atoms with Gasteiger partial charge in [-0.15, -0.1) is 0 Å². The summed E-state index contributed by atoms with van der Waals surface area (Å²) in [5.74, 6) is -2.35. The molecule has 1 aromatic carbocycles. The van der Waals surface area contributed by atoms with Crippen LogP contribution in [0.2, 0.25) is 0 Å². The number of piperidine rings is 1. The highest BCUT2D eigenvalue weighted by Crippen LogP contribution is 2.27. The molecule has 0 aromatic heterocycles. The van der Waals surface area contributed by atoms with Crippen LogP contribution in [0.1, 0.15) is 55.3 Å². The van der Waals surface area contributed by atoms with Gasteiger partial charge in [0.15, 0.2) is 5.78 Å². The molecule has 39 heavy (non-hydrogen) atoms. The Morgan fingerprint density at radius 2 is 1.41 bits per heavy atom. The summed E-state index contributed by atoms with van der Waals surface area (Å²) in [6, 6.07) is 7.48. The molecule has 3 heterocycles. The summed E-state index contributed by atoms with van der Waals surface area (Å²) >= 11 is 0. The van der Waals surface area contributed by atoms with Crippen molar-refractivity contribution in [2.24, 2.45) is 0 Å². The van der Waals surface area contributed by atoms with E-state index in [1.165, 1.54) is 6.42 Å². The summed E-state index contributed by atoms with van der Waals surface area (Å²) in [6.07, 6.45) is 0.991. The number of Topliss-reactive ketones (excluding diaryl/α,β-unsaturated/α-hetero) is 1. The monoisotopic (exact) mass is 554 g/mol. The number of aliphatic carboxylic acids is 1. The molecule has 0 radical (unpaired) electrons. The molecular formula is C27H37F3N4O5. The van der Waals surface area contributed by atoms with Gasteiger partial charge < -0.3 is 19.8 Å². The minimum atomic E-state index is -5.08. The quantitative estimate of drug-likeness (QED) is 0.517. The molecule has 1 N–H and O–H groups in total. The van der Waals surface area contributed by atoms with Crippen molar-refractivity contribution in [2.75, 3.05) is 63.8 Å². The SMILES string of the molecule is O=C(O)C(F)(F)F.O=C1CCC(=O)N(CCCCN2CCN(CC(=O)N3CCCCC3)CC2)c2ccccc21. The first-order chi connectivity index (χ1) is 18.6. The Bertz CT molecular complexity index is 1010. The molecule has 9 nitrogen and oxygen atoms in total. The molecule has 2 amide bonds. The van der Waals surface area contributed by atoms with Crippen LogP contribution in [0.4, 0.5) is 18.9 Å². The van der Waals surface area contributed by atoms with Crippen LogP contribution in [-0.2, 0) is 14.4 Å². The number of anilines is 1. The molecular weight excluding hydrogens is 517 g/mol. The first-order valence-corrected chi connectivity index (χ1v) is 13.5. The van der Waals surface area contributed by atoms with Gasteiger partial charge in [-0.05, 0) is 50.8 Å². The molecule has 0 aliphatic carbocycles. The largest absolute Gasteiger partial charge is 0.490 e. The average Bonchev–Trinajstić information content (AvgIpc) is 3.04. The van der Waals surface area contributed by atoms with Crippen LogP contribution >= 0.6 is 0 Å². The van der Waals surface area contributed by atoms with Crippen LogP contribution < -0.4 is 4.90 Å². The number of halogens is 3. The highest BCUT2D eigenvalue weighted by Gasteiger charge is 2.38. The zero-order valence-corrected chi connectivity index (χ0v) is 22.1. The number of benzene rings is 1. The maximum atomic E-state index is 12.6. The number of hydrogen-bond donors (Lipinski definition) is 1. The van der Waals surface area contributed by atoms with E-state index in [1.54, 1.807) is 0 Å². The topological polar surface area (TPSA) is 101 Å². The van der Waals surface area contributed by atoms with Gasteiger partial charge >= 0.3 is 12.1 Å². The summed E-state index contributed by atoms with van der Waals surface area (Å²) in [4.78, 5) is 54.9. The number of alkyl halides is 3. The van der Waals surface area contributed by atoms with E-state index in [9.17, 15) is 27.6 Å². The molecule has 0 bridgehead atoms. The fourth-order valence-electron chi connectivity index (χ4n) is 5.03. The number of piperazine rings is 1. The van der Waals surface area contributed by atoms with Crippen molar-refractivity contribution in [3.63, 3.8) is 0 Å². The lowest BCUT2D eigenvalue weighted by atomic mass is 10.1. The molecule has 12 heteroatoms. The molecule has 2 fully saturated rings. The molecule has 3 aliphatic heterocycles. The van der Waals surface area contributed by atoms with Crippen LogP contribution in [-0.4, -0.2) is 108 Å². The van der Waals surface area contributed by atoms with Crippen LogP contribution in [0.3, 0.4) is 0 Å². The smallest absolute Gasteiger partial charge is 0.475 e. The molecule has 0 unspecified atom stereocenters. The summed E-state index contributed by atoms with van der Waals surface area (Å²) in [5.41, 5.74) is 1.44. The molecule has 4 rings (SSSR count). The lowest BCUT2D eigenvalue weighted by Gasteiger charge is -2.36. The third-order valence-electron chi connectivity index (χ3n) is 7.24. The van der Waals surface area contributed by atoms with Crippen molar-refractivity contribution in [1.29, 1.82) is 0 Å². The van der Waals surface area contributed by atoms with Crippen LogP contribution in [0.25, 0.3) is 0 Å². The highest BCUT2D eigenvalue weighted by atomic mass is 19.4. The lowest BCUT2D eigenvalue weighted by molar-refractivity contribution is -0.192. The van der Waals surface area contributed by atoms with Crippen molar-refractivity contribution in [2.45, 2.75) is 51.1 Å². The summed E-state index contributed by atoms with van der Waals surface area (Å²) in [7, 11) is 0. The number of carboxylic acids is 1. The standard InChI is InChI=1S/C25H36N4O3.C2HF3O2/c30-23-10-11-24(31)29(22-9-3-2-8-21(22)23)15-7-6-12-26-16-18-27(19-17-26)20-25(32)28-13-4-1-5-14-28;3-2(4,5)1(6)7/h2-3,8-9H,1,4-7,10-20H2;(H,6,7). The van der Waals surface area contributed by atoms with Gasteiger partial charge in [0.25, 0.3) is 0 Å². The summed E-state index contributed by atoms with van der Waals surface area (Å²) < 4.78 is 31.7. The van der Waals surface area contributed by atoms with Gasteiger partial charge in [-0.1, -0.05) is 12.1 Å². The maximum Gasteiger partial charge on any atom is 0.490 e. The minimum absolute atomic E-state index is 0.0512. The highest BCUT2D eigenvalue weighted by molar-refractivity contribution is 6.10. The van der Waals surface area contributed by atoms with Gasteiger partial charge in [-0.25, -0.2) is 4.79 Å². The number of para-hydroxylation sites is 1. The van der Waals surface area contributed by atoms with Crippen molar-refractivity contribution >= 4 is 29.3 Å². The lowest BCUT2D eigenvalue weighted by Crippen LogP contribution is -2.50. The Labute approximate surface area is 226 Å². The number of nitrogens with zero attached hydrogens (tertiary/aromatic N) is 4. The van der Waals surface area contributed by atoms with Crippen molar-refractivity contribution in [3.8, 4) is 0 Å². The van der Waals surface area contributed by atoms with Gasteiger partial charge in [0.1, 0.15) is 0 Å². The third-order valence-corrected chi connectivity index (χ3v) is 7.24. The van der Waals surface area contributed by atoms with E-state index >= 15 is 0 Å². The van der Waals surface area contributed by atoms with Crippen molar-refractivity contribution in [1.82, 2.24) is 14.7 Å². The molecule has 3 aliphatic rings. The Hall–Kier alpha value is -2.99. The van der Waals surface area contributed by atoms with E-state index in [4.69, 9.17) is 9.90 Å². The van der Waals surface area contributed by atoms with Gasteiger partial charge in [-0.2, -0.15) is 13.2 Å². The zero-order chi connectivity index (χ0) is 28.4. The molecule has 0 saturated carbocycles. The van der Waals surface area contributed by atoms with Crippen molar-refractivity contribution < 1.29 is 37.5 Å². The third kappa shape index (κ3) is 9.31. The fourth-order valence-corrected chi connectivity index (χ4v) is 5.03. The minimum Gasteiger partial charge on any atom is -0.475 e. The molecule has 1 aromatic rings. The van der Waals surface area contributed by atoms with Crippen LogP contribution in [0.15, 0.2) is 24.3 Å². The number of rotatable bonds is 7. The fraction of sp³-hybridized carbons (Fsp3) is 0.630. The average molecular weight is 555 g/mol. The van der Waals surface area contributed by atoms with E-state index in [-0.39, 0.29) is 11.7 Å². The first-order valence-electron chi connectivity index (χ1n) is 13.5. The second-order valence-electron chi connectivity index (χ2n) is 10.1. The number of unbranched alkanes of at least 4 members (excludes halogenated alkanes) is 1. The molecule has 0 atom stereocenters. The predicted octanol–water partition coefficient (Wildman–Crippen LogP) is 3.04. The zero-order valence-electron chi connectivity index (χ0n) is 22.1. The van der Waals surface area contributed by atoms with E-state index in [2.05, 4.69) is 9.80 Å². The Balaban J connectivity index is 0.000000532. The normalized spacial score (nSPS) is 19.2. The Kier molecular flexibility index (Phi) is 11.3. The number of ketones is 1. The van der Waals surface area contributed by atoms with Gasteiger partial charge in [0, 0.05) is 64.2 Å². The Morgan fingerprint density at radius 1 is 0.821 bits per heavy atom. The number of carboxylic acid groups (broad SMARTS) is 1. The van der Waals surface area contributed by atoms with Crippen LogP contribution in [0.5, 0.6) is 0 Å². The number of amides is 2. The second-order valence-corrected chi connectivity index (χ2v) is 10.1. The molecule has 2 saturated heterocycles. The van der Waals surface area contributed by atoms with E-state index in [0.29, 0.717) is 37.4 Å². The Morgan fingerprint density at radius 3 is 2.05 bits per heavy atom. The predicted molar refractivity (Wildman–Crippen MR) is 139 cm³/mol. The summed E-state index contributed by atoms with van der Waals surface area (Å²) in [6.45, 7) is 7.96. The number of carbonyl (C=O) groups excluding carboxylic acids is 3.